The van der Waals surface area contributed by atoms with Gasteiger partial charge < -0.3 is 24.7 Å². The molecule has 2 aromatic carbocycles. The van der Waals surface area contributed by atoms with E-state index < -0.39 is 23.9 Å². The molecule has 12 heteroatoms. The number of rotatable bonds is 6. The molecule has 1 saturated heterocycles. The SMILES string of the molecule is CNC(=O)NC(=O)[C@H](CN1Cc2ccc(OC)cc2C1=O)c1cc2cc(N3C(=O)CNC3=O)ccc2o1. The fourth-order valence-electron chi connectivity index (χ4n) is 4.44. The molecule has 0 aliphatic carbocycles. The molecule has 2 aliphatic rings. The minimum absolute atomic E-state index is 0.0572. The molecule has 1 atom stereocenters. The number of nitrogens with zero attached hydrogens (tertiary/aromatic N) is 2. The van der Waals surface area contributed by atoms with Crippen LogP contribution in [0.3, 0.4) is 0 Å². The number of nitrogens with one attached hydrogen (secondary N) is 3. The van der Waals surface area contributed by atoms with Crippen LogP contribution in [-0.4, -0.2) is 61.9 Å². The zero-order valence-electron chi connectivity index (χ0n) is 20.0. The van der Waals surface area contributed by atoms with Crippen molar-refractivity contribution in [3.63, 3.8) is 0 Å². The Morgan fingerprint density at radius 3 is 2.65 bits per heavy atom. The highest BCUT2D eigenvalue weighted by molar-refractivity contribution is 6.20. The molecule has 2 aliphatic heterocycles. The first kappa shape index (κ1) is 23.9. The van der Waals surface area contributed by atoms with Crippen LogP contribution in [0.15, 0.2) is 46.9 Å². The van der Waals surface area contributed by atoms with Crippen molar-refractivity contribution in [1.29, 1.82) is 0 Å². The Balaban J connectivity index is 1.46. The smallest absolute Gasteiger partial charge is 0.329 e. The quantitative estimate of drug-likeness (QED) is 0.432. The van der Waals surface area contributed by atoms with Crippen LogP contribution in [-0.2, 0) is 16.1 Å². The van der Waals surface area contributed by atoms with Crippen molar-refractivity contribution in [2.75, 3.05) is 32.1 Å². The van der Waals surface area contributed by atoms with Crippen LogP contribution >= 0.6 is 0 Å². The molecule has 0 saturated carbocycles. The molecule has 37 heavy (non-hydrogen) atoms. The predicted octanol–water partition coefficient (Wildman–Crippen LogP) is 1.69. The van der Waals surface area contributed by atoms with Gasteiger partial charge in [0.2, 0.25) is 5.91 Å². The topological polar surface area (TPSA) is 150 Å². The van der Waals surface area contributed by atoms with Gasteiger partial charge in [0.1, 0.15) is 23.0 Å². The van der Waals surface area contributed by atoms with Crippen molar-refractivity contribution in [2.45, 2.75) is 12.5 Å². The summed E-state index contributed by atoms with van der Waals surface area (Å²) in [4.78, 5) is 64.8. The van der Waals surface area contributed by atoms with E-state index in [0.29, 0.717) is 28.0 Å². The van der Waals surface area contributed by atoms with Gasteiger partial charge in [-0.2, -0.15) is 0 Å². The van der Waals surface area contributed by atoms with E-state index in [9.17, 15) is 24.0 Å². The number of hydrogen-bond donors (Lipinski definition) is 3. The molecule has 12 nitrogen and oxygen atoms in total. The molecule has 5 rings (SSSR count). The van der Waals surface area contributed by atoms with Gasteiger partial charge in [-0.05, 0) is 42.0 Å². The Morgan fingerprint density at radius 2 is 1.95 bits per heavy atom. The summed E-state index contributed by atoms with van der Waals surface area (Å²) < 4.78 is 11.2. The van der Waals surface area contributed by atoms with E-state index in [4.69, 9.17) is 9.15 Å². The first-order chi connectivity index (χ1) is 17.8. The van der Waals surface area contributed by atoms with Gasteiger partial charge in [0, 0.05) is 31.1 Å². The van der Waals surface area contributed by atoms with E-state index in [0.717, 1.165) is 10.5 Å². The summed E-state index contributed by atoms with van der Waals surface area (Å²) in [6, 6.07) is 10.3. The Labute approximate surface area is 210 Å². The number of carbonyl (C=O) groups excluding carboxylic acids is 5. The second-order valence-corrected chi connectivity index (χ2v) is 8.59. The number of amides is 7. The van der Waals surface area contributed by atoms with Gasteiger partial charge in [-0.25, -0.2) is 14.5 Å². The maximum absolute atomic E-state index is 13.1. The lowest BCUT2D eigenvalue weighted by molar-refractivity contribution is -0.122. The molecule has 0 spiro atoms. The third-order valence-electron chi connectivity index (χ3n) is 6.34. The Hall–Kier alpha value is -4.87. The first-order valence-corrected chi connectivity index (χ1v) is 11.4. The lowest BCUT2D eigenvalue weighted by Crippen LogP contribution is -2.43. The van der Waals surface area contributed by atoms with E-state index >= 15 is 0 Å². The van der Waals surface area contributed by atoms with Gasteiger partial charge in [-0.15, -0.1) is 0 Å². The lowest BCUT2D eigenvalue weighted by Gasteiger charge is -2.21. The number of benzene rings is 2. The number of methoxy groups -OCH3 is 1. The van der Waals surface area contributed by atoms with E-state index in [2.05, 4.69) is 16.0 Å². The summed E-state index contributed by atoms with van der Waals surface area (Å²) in [5.41, 5.74) is 2.03. The van der Waals surface area contributed by atoms with Crippen LogP contribution in [0, 0.1) is 0 Å². The van der Waals surface area contributed by atoms with Crippen LogP contribution in [0.25, 0.3) is 11.0 Å². The van der Waals surface area contributed by atoms with Gasteiger partial charge in [-0.1, -0.05) is 6.07 Å². The lowest BCUT2D eigenvalue weighted by atomic mass is 10.0. The molecule has 1 aromatic heterocycles. The van der Waals surface area contributed by atoms with Crippen molar-refractivity contribution in [2.24, 2.45) is 0 Å². The van der Waals surface area contributed by atoms with Crippen LogP contribution in [0.4, 0.5) is 15.3 Å². The highest BCUT2D eigenvalue weighted by atomic mass is 16.5. The second kappa shape index (κ2) is 9.30. The van der Waals surface area contributed by atoms with Crippen LogP contribution in [0.5, 0.6) is 5.75 Å². The summed E-state index contributed by atoms with van der Waals surface area (Å²) in [7, 11) is 2.89. The fraction of sp³-hybridized carbons (Fsp3) is 0.240. The number of furan rings is 1. The maximum Gasteiger partial charge on any atom is 0.329 e. The van der Waals surface area contributed by atoms with Crippen molar-refractivity contribution >= 4 is 46.4 Å². The summed E-state index contributed by atoms with van der Waals surface area (Å²) in [5, 5.41) is 7.59. The maximum atomic E-state index is 13.1. The van der Waals surface area contributed by atoms with Gasteiger partial charge in [0.25, 0.3) is 11.8 Å². The molecule has 0 bridgehead atoms. The van der Waals surface area contributed by atoms with Gasteiger partial charge in [0.15, 0.2) is 0 Å². The zero-order valence-corrected chi connectivity index (χ0v) is 20.0. The molecule has 7 amide bonds. The Bertz CT molecular complexity index is 1450. The van der Waals surface area contributed by atoms with Crippen molar-refractivity contribution in [3.8, 4) is 5.75 Å². The Kier molecular flexibility index (Phi) is 5.99. The number of anilines is 1. The third kappa shape index (κ3) is 4.33. The number of ether oxygens (including phenoxy) is 1. The number of imide groups is 2. The molecule has 0 radical (unpaired) electrons. The van der Waals surface area contributed by atoms with E-state index in [-0.39, 0.29) is 37.2 Å². The van der Waals surface area contributed by atoms with Crippen LogP contribution in [0.1, 0.15) is 27.6 Å². The van der Waals surface area contributed by atoms with E-state index in [1.807, 2.05) is 0 Å². The summed E-state index contributed by atoms with van der Waals surface area (Å²) >= 11 is 0. The zero-order chi connectivity index (χ0) is 26.3. The highest BCUT2D eigenvalue weighted by Gasteiger charge is 2.35. The summed E-state index contributed by atoms with van der Waals surface area (Å²) in [6.45, 7) is 0.129. The molecule has 3 heterocycles. The van der Waals surface area contributed by atoms with Gasteiger partial charge >= 0.3 is 12.1 Å². The minimum atomic E-state index is -1.02. The monoisotopic (exact) mass is 505 g/mol. The molecular weight excluding hydrogens is 482 g/mol. The van der Waals surface area contributed by atoms with Crippen molar-refractivity contribution < 1.29 is 33.1 Å². The third-order valence-corrected chi connectivity index (χ3v) is 6.34. The highest BCUT2D eigenvalue weighted by Crippen LogP contribution is 2.33. The Morgan fingerprint density at radius 1 is 1.14 bits per heavy atom. The van der Waals surface area contributed by atoms with Gasteiger partial charge in [-0.3, -0.25) is 19.7 Å². The summed E-state index contributed by atoms with van der Waals surface area (Å²) in [6.07, 6.45) is 0. The summed E-state index contributed by atoms with van der Waals surface area (Å²) in [5.74, 6) is -1.59. The van der Waals surface area contributed by atoms with E-state index in [1.54, 1.807) is 42.5 Å². The average molecular weight is 505 g/mol. The normalized spacial score (nSPS) is 15.6. The van der Waals surface area contributed by atoms with E-state index in [1.165, 1.54) is 19.1 Å². The average Bonchev–Trinajstić information content (AvgIpc) is 3.56. The molecule has 3 N–H and O–H groups in total. The standard InChI is InChI=1S/C25H23N5O7/c1-26-24(34)28-22(32)18(12-29-11-13-3-5-16(36-2)9-17(13)23(29)33)20-8-14-7-15(4-6-19(14)37-20)30-21(31)10-27-25(30)35/h3-9,18H,10-12H2,1-2H3,(H,27,35)(H2,26,28,32,34)/t18-/m1/s1. The fourth-order valence-corrected chi connectivity index (χ4v) is 4.44. The van der Waals surface area contributed by atoms with Gasteiger partial charge in [0.05, 0.1) is 19.3 Å². The minimum Gasteiger partial charge on any atom is -0.497 e. The molecular formula is C25H23N5O7. The number of urea groups is 2. The largest absolute Gasteiger partial charge is 0.497 e. The van der Waals surface area contributed by atoms with Crippen LogP contribution < -0.4 is 25.6 Å². The van der Waals surface area contributed by atoms with Crippen molar-refractivity contribution in [3.05, 3.63) is 59.4 Å². The number of hydrogen-bond acceptors (Lipinski definition) is 7. The molecule has 1 fully saturated rings. The molecule has 3 aromatic rings. The number of carbonyl (C=O) groups is 5. The first-order valence-electron chi connectivity index (χ1n) is 11.4. The molecule has 190 valence electrons. The predicted molar refractivity (Wildman–Crippen MR) is 130 cm³/mol. The number of fused-ring (bicyclic) bond motifs is 2. The van der Waals surface area contributed by atoms with Crippen LogP contribution in [0.2, 0.25) is 0 Å². The second-order valence-electron chi connectivity index (χ2n) is 8.59. The molecule has 0 unspecified atom stereocenters. The van der Waals surface area contributed by atoms with Crippen molar-refractivity contribution in [1.82, 2.24) is 20.9 Å².